The maximum atomic E-state index is 5.75. The van der Waals surface area contributed by atoms with Gasteiger partial charge in [-0.05, 0) is 69.7 Å². The zero-order chi connectivity index (χ0) is 13.7. The molecule has 1 aliphatic heterocycles. The van der Waals surface area contributed by atoms with Crippen LogP contribution in [0.4, 0.5) is 0 Å². The number of benzene rings is 1. The molecule has 0 radical (unpaired) electrons. The molecule has 1 fully saturated rings. The van der Waals surface area contributed by atoms with E-state index in [0.29, 0.717) is 6.10 Å². The Labute approximate surface area is 117 Å². The average molecular weight is 261 g/mol. The molecule has 1 aromatic carbocycles. The number of hydrogen-bond donors (Lipinski definition) is 1. The molecular formula is C17H27NO. The first-order chi connectivity index (χ1) is 9.16. The third-order valence-electron chi connectivity index (χ3n) is 4.06. The van der Waals surface area contributed by atoms with Crippen LogP contribution in [0.5, 0.6) is 0 Å². The van der Waals surface area contributed by atoms with Crippen molar-refractivity contribution >= 4 is 0 Å². The van der Waals surface area contributed by atoms with Crippen LogP contribution in [0.3, 0.4) is 0 Å². The smallest absolute Gasteiger partial charge is 0.0587 e. The second kappa shape index (κ2) is 7.06. The van der Waals surface area contributed by atoms with Gasteiger partial charge in [0, 0.05) is 13.2 Å². The maximum absolute atomic E-state index is 5.75. The summed E-state index contributed by atoms with van der Waals surface area (Å²) >= 11 is 0. The zero-order valence-corrected chi connectivity index (χ0v) is 12.6. The topological polar surface area (TPSA) is 21.3 Å². The fourth-order valence-electron chi connectivity index (χ4n) is 3.00. The molecule has 1 N–H and O–H groups in total. The number of nitrogens with one attached hydrogen (secondary N) is 1. The van der Waals surface area contributed by atoms with E-state index >= 15 is 0 Å². The van der Waals surface area contributed by atoms with Gasteiger partial charge in [-0.3, -0.25) is 0 Å². The number of rotatable bonds is 5. The summed E-state index contributed by atoms with van der Waals surface area (Å²) in [6.45, 7) is 9.57. The van der Waals surface area contributed by atoms with Gasteiger partial charge in [-0.2, -0.15) is 0 Å². The van der Waals surface area contributed by atoms with Crippen LogP contribution in [0.2, 0.25) is 0 Å². The fourth-order valence-corrected chi connectivity index (χ4v) is 3.00. The third-order valence-corrected chi connectivity index (χ3v) is 4.06. The van der Waals surface area contributed by atoms with E-state index < -0.39 is 0 Å². The van der Waals surface area contributed by atoms with Crippen molar-refractivity contribution in [3.8, 4) is 0 Å². The van der Waals surface area contributed by atoms with Crippen molar-refractivity contribution in [3.05, 3.63) is 34.4 Å². The normalized spacial score (nSPS) is 19.6. The Hall–Kier alpha value is -0.860. The Balaban J connectivity index is 1.76. The van der Waals surface area contributed by atoms with Crippen molar-refractivity contribution in [2.45, 2.75) is 59.1 Å². The summed E-state index contributed by atoms with van der Waals surface area (Å²) in [5.74, 6) is 0. The minimum Gasteiger partial charge on any atom is -0.378 e. The summed E-state index contributed by atoms with van der Waals surface area (Å²) in [6, 6.07) is 4.54. The Morgan fingerprint density at radius 3 is 2.53 bits per heavy atom. The number of ether oxygens (including phenoxy) is 1. The van der Waals surface area contributed by atoms with Crippen molar-refractivity contribution in [2.24, 2.45) is 0 Å². The molecule has 0 spiro atoms. The van der Waals surface area contributed by atoms with Crippen molar-refractivity contribution in [1.82, 2.24) is 5.32 Å². The van der Waals surface area contributed by atoms with Gasteiger partial charge in [0.05, 0.1) is 6.10 Å². The Bertz CT molecular complexity index is 385. The molecule has 1 saturated heterocycles. The van der Waals surface area contributed by atoms with E-state index in [1.54, 1.807) is 0 Å². The molecule has 19 heavy (non-hydrogen) atoms. The van der Waals surface area contributed by atoms with Gasteiger partial charge < -0.3 is 10.1 Å². The van der Waals surface area contributed by atoms with Gasteiger partial charge in [-0.15, -0.1) is 0 Å². The average Bonchev–Trinajstić information content (AvgIpc) is 2.38. The van der Waals surface area contributed by atoms with Gasteiger partial charge in [0.25, 0.3) is 0 Å². The molecule has 1 aliphatic rings. The monoisotopic (exact) mass is 261 g/mol. The summed E-state index contributed by atoms with van der Waals surface area (Å²) in [6.07, 6.45) is 5.45. The first-order valence-corrected chi connectivity index (χ1v) is 7.56. The van der Waals surface area contributed by atoms with E-state index in [0.717, 1.165) is 26.1 Å². The predicted molar refractivity (Wildman–Crippen MR) is 80.6 cm³/mol. The first kappa shape index (κ1) is 14.5. The summed E-state index contributed by atoms with van der Waals surface area (Å²) in [5.41, 5.74) is 5.61. The second-order valence-corrected chi connectivity index (χ2v) is 5.83. The highest BCUT2D eigenvalue weighted by molar-refractivity contribution is 5.37. The van der Waals surface area contributed by atoms with Gasteiger partial charge in [0.1, 0.15) is 0 Å². The van der Waals surface area contributed by atoms with E-state index in [-0.39, 0.29) is 0 Å². The summed E-state index contributed by atoms with van der Waals surface area (Å²) in [4.78, 5) is 0. The first-order valence-electron chi connectivity index (χ1n) is 7.56. The van der Waals surface area contributed by atoms with Crippen molar-refractivity contribution in [1.29, 1.82) is 0 Å². The van der Waals surface area contributed by atoms with Crippen LogP contribution in [-0.2, 0) is 11.3 Å². The standard InChI is InChI=1S/C17H27NO/c1-13-10-14(2)17(15(3)11-13)12-18-8-7-16-6-4-5-9-19-16/h10-11,16,18H,4-9,12H2,1-3H3. The molecule has 0 amide bonds. The molecule has 0 bridgehead atoms. The van der Waals surface area contributed by atoms with Crippen LogP contribution in [-0.4, -0.2) is 19.3 Å². The highest BCUT2D eigenvalue weighted by Gasteiger charge is 2.13. The Morgan fingerprint density at radius 1 is 1.16 bits per heavy atom. The van der Waals surface area contributed by atoms with Crippen LogP contribution < -0.4 is 5.32 Å². The van der Waals surface area contributed by atoms with Crippen LogP contribution in [0.1, 0.15) is 47.9 Å². The molecule has 0 saturated carbocycles. The lowest BCUT2D eigenvalue weighted by atomic mass is 10.00. The van der Waals surface area contributed by atoms with Crippen LogP contribution >= 0.6 is 0 Å². The van der Waals surface area contributed by atoms with E-state index in [1.807, 2.05) is 0 Å². The van der Waals surface area contributed by atoms with Crippen LogP contribution in [0.25, 0.3) is 0 Å². The molecular weight excluding hydrogens is 234 g/mol. The zero-order valence-electron chi connectivity index (χ0n) is 12.6. The molecule has 1 unspecified atom stereocenters. The van der Waals surface area contributed by atoms with E-state index in [2.05, 4.69) is 38.2 Å². The van der Waals surface area contributed by atoms with Gasteiger partial charge in [0.2, 0.25) is 0 Å². The van der Waals surface area contributed by atoms with Gasteiger partial charge in [-0.25, -0.2) is 0 Å². The second-order valence-electron chi connectivity index (χ2n) is 5.83. The third kappa shape index (κ3) is 4.32. The SMILES string of the molecule is Cc1cc(C)c(CNCCC2CCCCO2)c(C)c1. The lowest BCUT2D eigenvalue weighted by molar-refractivity contribution is 0.0115. The molecule has 2 rings (SSSR count). The lowest BCUT2D eigenvalue weighted by Gasteiger charge is -2.22. The van der Waals surface area contributed by atoms with E-state index in [1.165, 1.54) is 41.5 Å². The minimum atomic E-state index is 0.487. The summed E-state index contributed by atoms with van der Waals surface area (Å²) < 4.78 is 5.75. The Morgan fingerprint density at radius 2 is 1.89 bits per heavy atom. The predicted octanol–water partition coefficient (Wildman–Crippen LogP) is 3.66. The van der Waals surface area contributed by atoms with E-state index in [4.69, 9.17) is 4.74 Å². The number of aryl methyl sites for hydroxylation is 3. The minimum absolute atomic E-state index is 0.487. The van der Waals surface area contributed by atoms with Gasteiger partial charge in [0.15, 0.2) is 0 Å². The number of hydrogen-bond acceptors (Lipinski definition) is 2. The van der Waals surface area contributed by atoms with Gasteiger partial charge >= 0.3 is 0 Å². The van der Waals surface area contributed by atoms with Crippen LogP contribution in [0, 0.1) is 20.8 Å². The molecule has 1 atom stereocenters. The van der Waals surface area contributed by atoms with Gasteiger partial charge in [-0.1, -0.05) is 17.7 Å². The fraction of sp³-hybridized carbons (Fsp3) is 0.647. The molecule has 2 nitrogen and oxygen atoms in total. The van der Waals surface area contributed by atoms with E-state index in [9.17, 15) is 0 Å². The molecule has 106 valence electrons. The van der Waals surface area contributed by atoms with Crippen molar-refractivity contribution < 1.29 is 4.74 Å². The highest BCUT2D eigenvalue weighted by Crippen LogP contribution is 2.17. The molecule has 0 aromatic heterocycles. The van der Waals surface area contributed by atoms with Crippen LogP contribution in [0.15, 0.2) is 12.1 Å². The summed E-state index contributed by atoms with van der Waals surface area (Å²) in [7, 11) is 0. The molecule has 2 heteroatoms. The van der Waals surface area contributed by atoms with Crippen molar-refractivity contribution in [2.75, 3.05) is 13.2 Å². The largest absolute Gasteiger partial charge is 0.378 e. The lowest BCUT2D eigenvalue weighted by Crippen LogP contribution is -2.25. The Kier molecular flexibility index (Phi) is 5.41. The molecule has 0 aliphatic carbocycles. The molecule has 1 heterocycles. The summed E-state index contributed by atoms with van der Waals surface area (Å²) in [5, 5.41) is 3.57. The molecule has 1 aromatic rings. The maximum Gasteiger partial charge on any atom is 0.0587 e. The quantitative estimate of drug-likeness (QED) is 0.817. The highest BCUT2D eigenvalue weighted by atomic mass is 16.5. The van der Waals surface area contributed by atoms with Crippen molar-refractivity contribution in [3.63, 3.8) is 0 Å².